The number of nitrogens with one attached hydrogen (secondary N) is 1. The molecule has 0 aliphatic carbocycles. The number of rotatable bonds is 4. The Morgan fingerprint density at radius 1 is 1.19 bits per heavy atom. The molecule has 0 saturated carbocycles. The molecule has 2 N–H and O–H groups in total. The highest BCUT2D eigenvalue weighted by atomic mass is 35.5. The Morgan fingerprint density at radius 2 is 1.74 bits per heavy atom. The Bertz CT molecular complexity index is 660. The molecule has 1 aliphatic rings. The molecule has 1 aromatic carbocycles. The molecule has 0 radical (unpaired) electrons. The van der Waals surface area contributed by atoms with Crippen molar-refractivity contribution in [3.8, 4) is 0 Å². The van der Waals surface area contributed by atoms with Crippen LogP contribution in [-0.4, -0.2) is 47.2 Å². The lowest BCUT2D eigenvalue weighted by Gasteiger charge is -2.33. The standard InChI is InChI=1S/C20H29ClN2O4/c1-19(2,3)27-18(25)23-11-9-14(10-12-23)17(24)22-13-20(4,26)15-5-7-16(21)8-6-15/h5-8,14,26H,9-13H2,1-4H3,(H,22,24). The third-order valence-corrected chi connectivity index (χ3v) is 4.84. The lowest BCUT2D eigenvalue weighted by atomic mass is 9.93. The van der Waals surface area contributed by atoms with Crippen LogP contribution in [0.1, 0.15) is 46.1 Å². The quantitative estimate of drug-likeness (QED) is 0.818. The fraction of sp³-hybridized carbons (Fsp3) is 0.600. The number of piperidine rings is 1. The van der Waals surface area contributed by atoms with Gasteiger partial charge in [-0.2, -0.15) is 0 Å². The third kappa shape index (κ3) is 6.40. The second-order valence-electron chi connectivity index (χ2n) is 8.24. The van der Waals surface area contributed by atoms with Crippen LogP contribution in [0.25, 0.3) is 0 Å². The second kappa shape index (κ2) is 8.48. The van der Waals surface area contributed by atoms with E-state index in [2.05, 4.69) is 5.32 Å². The molecule has 2 rings (SSSR count). The SMILES string of the molecule is CC(C)(C)OC(=O)N1CCC(C(=O)NCC(C)(O)c2ccc(Cl)cc2)CC1. The van der Waals surface area contributed by atoms with Gasteiger partial charge in [0.15, 0.2) is 0 Å². The van der Waals surface area contributed by atoms with Gasteiger partial charge in [-0.05, 0) is 58.2 Å². The van der Waals surface area contributed by atoms with Gasteiger partial charge in [-0.15, -0.1) is 0 Å². The van der Waals surface area contributed by atoms with Gasteiger partial charge in [0.2, 0.25) is 5.91 Å². The van der Waals surface area contributed by atoms with Gasteiger partial charge in [0.1, 0.15) is 11.2 Å². The summed E-state index contributed by atoms with van der Waals surface area (Å²) in [6.45, 7) is 8.23. The molecule has 0 aromatic heterocycles. The first-order chi connectivity index (χ1) is 12.5. The van der Waals surface area contributed by atoms with Gasteiger partial charge < -0.3 is 20.1 Å². The van der Waals surface area contributed by atoms with Gasteiger partial charge in [-0.1, -0.05) is 23.7 Å². The Kier molecular flexibility index (Phi) is 6.76. The third-order valence-electron chi connectivity index (χ3n) is 4.59. The summed E-state index contributed by atoms with van der Waals surface area (Å²) in [5, 5.41) is 14.0. The van der Waals surface area contributed by atoms with Crippen molar-refractivity contribution in [1.82, 2.24) is 10.2 Å². The molecule has 6 nitrogen and oxygen atoms in total. The summed E-state index contributed by atoms with van der Waals surface area (Å²) in [6, 6.07) is 6.90. The number of carbonyl (C=O) groups excluding carboxylic acids is 2. The van der Waals surface area contributed by atoms with Crippen LogP contribution < -0.4 is 5.32 Å². The fourth-order valence-electron chi connectivity index (χ4n) is 2.97. The number of benzene rings is 1. The highest BCUT2D eigenvalue weighted by molar-refractivity contribution is 6.30. The lowest BCUT2D eigenvalue weighted by Crippen LogP contribution is -2.46. The molecule has 1 heterocycles. The van der Waals surface area contributed by atoms with Crippen LogP contribution in [0.3, 0.4) is 0 Å². The zero-order chi connectivity index (χ0) is 20.2. The maximum atomic E-state index is 12.5. The number of aliphatic hydroxyl groups is 1. The summed E-state index contributed by atoms with van der Waals surface area (Å²) < 4.78 is 5.37. The number of amides is 2. The lowest BCUT2D eigenvalue weighted by molar-refractivity contribution is -0.127. The smallest absolute Gasteiger partial charge is 0.410 e. The van der Waals surface area contributed by atoms with Gasteiger partial charge in [0, 0.05) is 24.0 Å². The normalized spacial score (nSPS) is 17.9. The van der Waals surface area contributed by atoms with Crippen molar-refractivity contribution in [3.05, 3.63) is 34.9 Å². The van der Waals surface area contributed by atoms with Crippen molar-refractivity contribution in [1.29, 1.82) is 0 Å². The molecule has 1 aliphatic heterocycles. The maximum absolute atomic E-state index is 12.5. The van der Waals surface area contributed by atoms with E-state index in [1.165, 1.54) is 0 Å². The molecule has 1 fully saturated rings. The van der Waals surface area contributed by atoms with E-state index in [0.717, 1.165) is 0 Å². The minimum Gasteiger partial charge on any atom is -0.444 e. The Labute approximate surface area is 165 Å². The molecule has 1 saturated heterocycles. The zero-order valence-electron chi connectivity index (χ0n) is 16.4. The van der Waals surface area contributed by atoms with Gasteiger partial charge >= 0.3 is 6.09 Å². The number of ether oxygens (including phenoxy) is 1. The van der Waals surface area contributed by atoms with Crippen molar-refractivity contribution in [2.75, 3.05) is 19.6 Å². The van der Waals surface area contributed by atoms with Crippen LogP contribution >= 0.6 is 11.6 Å². The van der Waals surface area contributed by atoms with Crippen LogP contribution in [0.15, 0.2) is 24.3 Å². The monoisotopic (exact) mass is 396 g/mol. The number of hydrogen-bond donors (Lipinski definition) is 2. The zero-order valence-corrected chi connectivity index (χ0v) is 17.2. The predicted molar refractivity (Wildman–Crippen MR) is 105 cm³/mol. The summed E-state index contributed by atoms with van der Waals surface area (Å²) in [7, 11) is 0. The van der Waals surface area contributed by atoms with Gasteiger partial charge in [0.05, 0.1) is 6.54 Å². The summed E-state index contributed by atoms with van der Waals surface area (Å²) in [5.41, 5.74) is -1.03. The average Bonchev–Trinajstić information content (AvgIpc) is 2.59. The molecule has 27 heavy (non-hydrogen) atoms. The second-order valence-corrected chi connectivity index (χ2v) is 8.68. The first kappa shape index (κ1) is 21.5. The number of likely N-dealkylation sites (tertiary alicyclic amines) is 1. The minimum atomic E-state index is -1.18. The molecule has 2 amide bonds. The maximum Gasteiger partial charge on any atom is 0.410 e. The molecule has 0 bridgehead atoms. The van der Waals surface area contributed by atoms with Crippen molar-refractivity contribution in [2.45, 2.75) is 51.7 Å². The molecule has 1 aromatic rings. The largest absolute Gasteiger partial charge is 0.444 e. The number of hydrogen-bond acceptors (Lipinski definition) is 4. The molecule has 1 unspecified atom stereocenters. The molecule has 0 spiro atoms. The Balaban J connectivity index is 1.82. The van der Waals surface area contributed by atoms with E-state index in [4.69, 9.17) is 16.3 Å². The minimum absolute atomic E-state index is 0.104. The van der Waals surface area contributed by atoms with Crippen LogP contribution in [0.2, 0.25) is 5.02 Å². The van der Waals surface area contributed by atoms with E-state index in [-0.39, 0.29) is 24.5 Å². The van der Waals surface area contributed by atoms with Gasteiger partial charge in [0.25, 0.3) is 0 Å². The fourth-order valence-corrected chi connectivity index (χ4v) is 3.09. The van der Waals surface area contributed by atoms with Gasteiger partial charge in [-0.3, -0.25) is 4.79 Å². The Hall–Kier alpha value is -1.79. The topological polar surface area (TPSA) is 78.9 Å². The molecular weight excluding hydrogens is 368 g/mol. The molecular formula is C20H29ClN2O4. The van der Waals surface area contributed by atoms with Gasteiger partial charge in [-0.25, -0.2) is 4.79 Å². The van der Waals surface area contributed by atoms with Crippen molar-refractivity contribution < 1.29 is 19.4 Å². The van der Waals surface area contributed by atoms with Crippen LogP contribution in [-0.2, 0) is 15.1 Å². The summed E-state index contributed by atoms with van der Waals surface area (Å²) >= 11 is 5.87. The molecule has 150 valence electrons. The summed E-state index contributed by atoms with van der Waals surface area (Å²) in [5.74, 6) is -0.280. The molecule has 7 heteroatoms. The van der Waals surface area contributed by atoms with Crippen LogP contribution in [0.4, 0.5) is 4.79 Å². The molecule has 1 atom stereocenters. The predicted octanol–water partition coefficient (Wildman–Crippen LogP) is 3.31. The van der Waals surface area contributed by atoms with E-state index in [9.17, 15) is 14.7 Å². The Morgan fingerprint density at radius 3 is 2.26 bits per heavy atom. The number of carbonyl (C=O) groups is 2. The van der Waals surface area contributed by atoms with E-state index in [0.29, 0.717) is 36.5 Å². The average molecular weight is 397 g/mol. The highest BCUT2D eigenvalue weighted by Gasteiger charge is 2.31. The van der Waals surface area contributed by atoms with E-state index in [1.54, 1.807) is 36.1 Å². The van der Waals surface area contributed by atoms with E-state index in [1.807, 2.05) is 20.8 Å². The number of halogens is 1. The summed E-state index contributed by atoms with van der Waals surface area (Å²) in [6.07, 6.45) is 0.814. The first-order valence-corrected chi connectivity index (χ1v) is 9.60. The number of nitrogens with zero attached hydrogens (tertiary/aromatic N) is 1. The van der Waals surface area contributed by atoms with Crippen molar-refractivity contribution in [3.63, 3.8) is 0 Å². The van der Waals surface area contributed by atoms with Crippen LogP contribution in [0.5, 0.6) is 0 Å². The van der Waals surface area contributed by atoms with Crippen molar-refractivity contribution >= 4 is 23.6 Å². The van der Waals surface area contributed by atoms with Crippen molar-refractivity contribution in [2.24, 2.45) is 5.92 Å². The summed E-state index contributed by atoms with van der Waals surface area (Å²) in [4.78, 5) is 26.2. The first-order valence-electron chi connectivity index (χ1n) is 9.22. The van der Waals surface area contributed by atoms with E-state index >= 15 is 0 Å². The van der Waals surface area contributed by atoms with Crippen LogP contribution in [0, 0.1) is 5.92 Å². The van der Waals surface area contributed by atoms with E-state index < -0.39 is 11.2 Å². The highest BCUT2D eigenvalue weighted by Crippen LogP contribution is 2.23.